The first kappa shape index (κ1) is 32.4. The molecule has 0 fully saturated rings. The number of hydrogen-bond donors (Lipinski definition) is 0. The molecule has 0 atom stereocenters. The van der Waals surface area contributed by atoms with Gasteiger partial charge in [0.1, 0.15) is 0 Å². The Morgan fingerprint density at radius 3 is 1.62 bits per heavy atom. The molecule has 0 aliphatic rings. The lowest BCUT2D eigenvalue weighted by Gasteiger charge is -2.26. The maximum atomic E-state index is 4.99. The van der Waals surface area contributed by atoms with Gasteiger partial charge in [-0.15, -0.1) is 0 Å². The molecule has 6 aromatic carbocycles. The van der Waals surface area contributed by atoms with E-state index < -0.39 is 0 Å². The highest BCUT2D eigenvalue weighted by Gasteiger charge is 2.24. The zero-order chi connectivity index (χ0) is 34.5. The first-order valence-corrected chi connectivity index (χ1v) is 17.0. The fourth-order valence-electron chi connectivity index (χ4n) is 6.46. The van der Waals surface area contributed by atoms with E-state index in [1.807, 2.05) is 55.5 Å². The van der Waals surface area contributed by atoms with Crippen LogP contribution in [0.25, 0.3) is 61.6 Å². The van der Waals surface area contributed by atoms with Gasteiger partial charge in [0.2, 0.25) is 0 Å². The third-order valence-electron chi connectivity index (χ3n) is 9.36. The Morgan fingerprint density at radius 1 is 0.540 bits per heavy atom. The van der Waals surface area contributed by atoms with Gasteiger partial charge in [-0.1, -0.05) is 190 Å². The number of aromatic nitrogens is 3. The average molecular weight is 646 g/mol. The van der Waals surface area contributed by atoms with Gasteiger partial charge in [-0.3, -0.25) is 0 Å². The van der Waals surface area contributed by atoms with Crippen LogP contribution in [-0.2, 0) is 5.41 Å². The van der Waals surface area contributed by atoms with E-state index >= 15 is 0 Å². The van der Waals surface area contributed by atoms with Gasteiger partial charge in [-0.05, 0) is 51.1 Å². The van der Waals surface area contributed by atoms with Crippen molar-refractivity contribution in [3.05, 3.63) is 193 Å². The van der Waals surface area contributed by atoms with Gasteiger partial charge in [0.05, 0.1) is 0 Å². The number of fused-ring (bicyclic) bond motifs is 1. The van der Waals surface area contributed by atoms with E-state index in [0.717, 1.165) is 27.8 Å². The third kappa shape index (κ3) is 6.59. The summed E-state index contributed by atoms with van der Waals surface area (Å²) in [7, 11) is 0. The molecule has 1 heterocycles. The Morgan fingerprint density at radius 2 is 1.04 bits per heavy atom. The summed E-state index contributed by atoms with van der Waals surface area (Å²) < 4.78 is 0. The predicted octanol–water partition coefficient (Wildman–Crippen LogP) is 12.2. The van der Waals surface area contributed by atoms with Crippen molar-refractivity contribution in [1.82, 2.24) is 15.0 Å². The summed E-state index contributed by atoms with van der Waals surface area (Å²) in [4.78, 5) is 14.9. The Hall–Kier alpha value is -6.19. The van der Waals surface area contributed by atoms with Crippen LogP contribution >= 0.6 is 0 Å². The molecule has 0 aliphatic carbocycles. The van der Waals surface area contributed by atoms with Crippen LogP contribution < -0.4 is 0 Å². The molecule has 7 rings (SSSR count). The maximum absolute atomic E-state index is 4.99. The van der Waals surface area contributed by atoms with Crippen molar-refractivity contribution in [3.8, 4) is 45.3 Å². The number of nitrogens with zero attached hydrogens (tertiary/aromatic N) is 3. The highest BCUT2D eigenvalue weighted by atomic mass is 15.0. The topological polar surface area (TPSA) is 38.7 Å². The second kappa shape index (κ2) is 14.1. The molecule has 0 spiro atoms. The average Bonchev–Trinajstić information content (AvgIpc) is 3.18. The van der Waals surface area contributed by atoms with Gasteiger partial charge < -0.3 is 0 Å². The van der Waals surface area contributed by atoms with Gasteiger partial charge >= 0.3 is 0 Å². The molecular weight excluding hydrogens is 607 g/mol. The van der Waals surface area contributed by atoms with Crippen molar-refractivity contribution in [2.24, 2.45) is 0 Å². The van der Waals surface area contributed by atoms with E-state index in [1.54, 1.807) is 0 Å². The monoisotopic (exact) mass is 645 g/mol. The summed E-state index contributed by atoms with van der Waals surface area (Å²) in [5.74, 6) is 1.92. The standard InChI is InChI=1S/C47H39N3/c1-5-13-33(14-6-2)34-21-23-38(24-22-34)45-48-44(37-16-8-7-9-17-37)49-46(50-45)39-27-31-41(32-28-39)47(3,4)40-29-25-36(26-30-40)43-20-12-18-35-15-10-11-19-42(35)43/h5-32H,1H2,2-4H3/b14-6-,33-13+. The first-order chi connectivity index (χ1) is 24.4. The molecule has 0 N–H and O–H groups in total. The van der Waals surface area contributed by atoms with Crippen molar-refractivity contribution in [3.63, 3.8) is 0 Å². The van der Waals surface area contributed by atoms with Gasteiger partial charge in [-0.2, -0.15) is 0 Å². The summed E-state index contributed by atoms with van der Waals surface area (Å²) in [6, 6.07) is 51.1. The van der Waals surface area contributed by atoms with Gasteiger partial charge in [0.15, 0.2) is 17.5 Å². The zero-order valence-corrected chi connectivity index (χ0v) is 28.7. The van der Waals surface area contributed by atoms with E-state index in [9.17, 15) is 0 Å². The summed E-state index contributed by atoms with van der Waals surface area (Å²) in [6.07, 6.45) is 7.93. The van der Waals surface area contributed by atoms with Crippen LogP contribution in [0.5, 0.6) is 0 Å². The molecule has 242 valence electrons. The maximum Gasteiger partial charge on any atom is 0.164 e. The van der Waals surface area contributed by atoms with Crippen LogP contribution in [0, 0.1) is 0 Å². The van der Waals surface area contributed by atoms with E-state index in [-0.39, 0.29) is 5.41 Å². The molecule has 0 saturated heterocycles. The second-order valence-electron chi connectivity index (χ2n) is 12.9. The van der Waals surface area contributed by atoms with Gasteiger partial charge in [0, 0.05) is 22.1 Å². The minimum Gasteiger partial charge on any atom is -0.208 e. The predicted molar refractivity (Wildman–Crippen MR) is 211 cm³/mol. The minimum absolute atomic E-state index is 0.205. The van der Waals surface area contributed by atoms with Gasteiger partial charge in [-0.25, -0.2) is 15.0 Å². The molecule has 50 heavy (non-hydrogen) atoms. The Bertz CT molecular complexity index is 2320. The van der Waals surface area contributed by atoms with Crippen LogP contribution in [0.4, 0.5) is 0 Å². The van der Waals surface area contributed by atoms with Crippen molar-refractivity contribution in [1.29, 1.82) is 0 Å². The fourth-order valence-corrected chi connectivity index (χ4v) is 6.46. The van der Waals surface area contributed by atoms with E-state index in [1.165, 1.54) is 33.0 Å². The second-order valence-corrected chi connectivity index (χ2v) is 12.9. The highest BCUT2D eigenvalue weighted by molar-refractivity contribution is 5.96. The molecule has 7 aromatic rings. The largest absolute Gasteiger partial charge is 0.208 e. The number of allylic oxidation sites excluding steroid dienone is 5. The number of hydrogen-bond acceptors (Lipinski definition) is 3. The van der Waals surface area contributed by atoms with E-state index in [0.29, 0.717) is 17.5 Å². The molecule has 1 aromatic heterocycles. The van der Waals surface area contributed by atoms with E-state index in [4.69, 9.17) is 15.0 Å². The van der Waals surface area contributed by atoms with Crippen LogP contribution in [0.15, 0.2) is 176 Å². The lowest BCUT2D eigenvalue weighted by atomic mass is 9.77. The molecule has 0 aliphatic heterocycles. The normalized spacial score (nSPS) is 12.0. The summed E-state index contributed by atoms with van der Waals surface area (Å²) in [6.45, 7) is 10.4. The van der Waals surface area contributed by atoms with Crippen LogP contribution in [-0.4, -0.2) is 15.0 Å². The highest BCUT2D eigenvalue weighted by Crippen LogP contribution is 2.36. The van der Waals surface area contributed by atoms with Crippen molar-refractivity contribution in [2.75, 3.05) is 0 Å². The van der Waals surface area contributed by atoms with Crippen LogP contribution in [0.2, 0.25) is 0 Å². The first-order valence-electron chi connectivity index (χ1n) is 17.0. The molecule has 3 heteroatoms. The lowest BCUT2D eigenvalue weighted by molar-refractivity contribution is 0.641. The molecular formula is C47H39N3. The zero-order valence-electron chi connectivity index (χ0n) is 28.7. The minimum atomic E-state index is -0.205. The summed E-state index contributed by atoms with van der Waals surface area (Å²) in [5, 5.41) is 2.52. The van der Waals surface area contributed by atoms with Crippen molar-refractivity contribution in [2.45, 2.75) is 26.2 Å². The summed E-state index contributed by atoms with van der Waals surface area (Å²) in [5.41, 5.74) is 9.76. The fraction of sp³-hybridized carbons (Fsp3) is 0.0851. The quantitative estimate of drug-likeness (QED) is 0.147. The molecule has 0 amide bonds. The van der Waals surface area contributed by atoms with Gasteiger partial charge in [0.25, 0.3) is 0 Å². The Balaban J connectivity index is 1.20. The molecule has 3 nitrogen and oxygen atoms in total. The van der Waals surface area contributed by atoms with E-state index in [2.05, 4.69) is 142 Å². The van der Waals surface area contributed by atoms with Crippen LogP contribution in [0.3, 0.4) is 0 Å². The molecule has 0 unspecified atom stereocenters. The summed E-state index contributed by atoms with van der Waals surface area (Å²) >= 11 is 0. The molecule has 0 saturated carbocycles. The van der Waals surface area contributed by atoms with Crippen LogP contribution in [0.1, 0.15) is 37.5 Å². The third-order valence-corrected chi connectivity index (χ3v) is 9.36. The smallest absolute Gasteiger partial charge is 0.164 e. The lowest BCUT2D eigenvalue weighted by Crippen LogP contribution is -2.18. The molecule has 0 bridgehead atoms. The van der Waals surface area contributed by atoms with Crippen molar-refractivity contribution >= 4 is 16.3 Å². The Labute approximate surface area is 295 Å². The number of benzene rings is 6. The molecule has 0 radical (unpaired) electrons. The Kier molecular flexibility index (Phi) is 9.14. The SMILES string of the molecule is C=C/C=C(\C=C/C)c1ccc(-c2nc(-c3ccccc3)nc(-c3ccc(C(C)(C)c4ccc(-c5cccc6ccccc56)cc4)cc3)n2)cc1. The number of rotatable bonds is 9. The van der Waals surface area contributed by atoms with Crippen molar-refractivity contribution < 1.29 is 0 Å².